The third-order valence-corrected chi connectivity index (χ3v) is 14.0. The van der Waals surface area contributed by atoms with Crippen molar-refractivity contribution in [2.45, 2.75) is 311 Å². The molecule has 0 aromatic carbocycles. The minimum atomic E-state index is -3.41. The monoisotopic (exact) mass is 769 g/mol. The molecule has 4 unspecified atom stereocenters. The van der Waals surface area contributed by atoms with E-state index >= 15 is 0 Å². The van der Waals surface area contributed by atoms with Crippen LogP contribution in [0.2, 0.25) is 0 Å². The van der Waals surface area contributed by atoms with E-state index < -0.39 is 9.05 Å². The average Bonchev–Trinajstić information content (AvgIpc) is 3.12. The molecule has 0 amide bonds. The Morgan fingerprint density at radius 1 is 0.245 bits per heavy atom. The summed E-state index contributed by atoms with van der Waals surface area (Å²) in [4.78, 5) is 0. The lowest BCUT2D eigenvalue weighted by atomic mass is 10.1. The highest BCUT2D eigenvalue weighted by Gasteiger charge is 2.51. The van der Waals surface area contributed by atoms with E-state index in [1.807, 2.05) is 0 Å². The second kappa shape index (κ2) is 40.3. The topological polar surface area (TPSA) is 36.9 Å². The first-order chi connectivity index (χ1) is 25.8. The summed E-state index contributed by atoms with van der Waals surface area (Å²) in [6, 6.07) is 0. The third-order valence-electron chi connectivity index (χ3n) is 11.2. The van der Waals surface area contributed by atoms with Gasteiger partial charge in [-0.25, -0.2) is 0 Å². The lowest BCUT2D eigenvalue weighted by Crippen LogP contribution is -2.56. The Kier molecular flexibility index (Phi) is 40.3. The fourth-order valence-corrected chi connectivity index (χ4v) is 10.4. The van der Waals surface area contributed by atoms with E-state index in [0.717, 1.165) is 25.7 Å². The molecule has 0 N–H and O–H groups in total. The molecule has 53 heavy (non-hydrogen) atoms. The summed E-state index contributed by atoms with van der Waals surface area (Å²) in [7, 11) is -3.41. The molecule has 0 heterocycles. The van der Waals surface area contributed by atoms with Crippen LogP contribution in [0.5, 0.6) is 0 Å². The molecule has 0 spiro atoms. The predicted molar refractivity (Wildman–Crippen MR) is 237 cm³/mol. The van der Waals surface area contributed by atoms with Crippen LogP contribution in [0.4, 0.5) is 0 Å². The molecule has 0 aliphatic rings. The zero-order valence-electron chi connectivity index (χ0n) is 37.9. The van der Waals surface area contributed by atoms with E-state index in [0.29, 0.717) is 0 Å². The largest absolute Gasteiger partial charge is 0.680 e. The Balaban J connectivity index is 5.50. The second-order valence-corrected chi connectivity index (χ2v) is 19.2. The molecule has 0 aromatic rings. The Morgan fingerprint density at radius 3 is 0.566 bits per heavy atom. The van der Waals surface area contributed by atoms with Crippen molar-refractivity contribution in [1.82, 2.24) is 0 Å². The molecule has 0 fully saturated rings. The minimum absolute atomic E-state index is 0.0720. The van der Waals surface area contributed by atoms with Gasteiger partial charge in [0.25, 0.3) is 0 Å². The van der Waals surface area contributed by atoms with Gasteiger partial charge in [-0.1, -0.05) is 233 Å². The van der Waals surface area contributed by atoms with E-state index in [4.69, 9.17) is 17.7 Å². The smallest absolute Gasteiger partial charge is 0.348 e. The van der Waals surface area contributed by atoms with Gasteiger partial charge in [0.2, 0.25) is 0 Å². The molecule has 0 rings (SSSR count). The van der Waals surface area contributed by atoms with Crippen LogP contribution in [0, 0.1) is 0 Å². The zero-order chi connectivity index (χ0) is 39.1. The highest BCUT2D eigenvalue weighted by atomic mass is 28.4. The predicted octanol–water partition coefficient (Wildman–Crippen LogP) is 17.2. The Bertz CT molecular complexity index is 588. The first kappa shape index (κ1) is 53.1. The molecule has 4 atom stereocenters. The number of unbranched alkanes of at least 4 members (excludes halogenated alkanes) is 28. The van der Waals surface area contributed by atoms with Crippen LogP contribution in [0.1, 0.15) is 287 Å². The summed E-state index contributed by atoms with van der Waals surface area (Å²) in [6.07, 6.45) is 47.1. The van der Waals surface area contributed by atoms with Crippen molar-refractivity contribution in [1.29, 1.82) is 0 Å². The molecular weight excluding hydrogens is 669 g/mol. The lowest BCUT2D eigenvalue weighted by Gasteiger charge is -2.36. The first-order valence-electron chi connectivity index (χ1n) is 24.5. The molecule has 5 heteroatoms. The molecule has 320 valence electrons. The van der Waals surface area contributed by atoms with E-state index in [9.17, 15) is 0 Å². The summed E-state index contributed by atoms with van der Waals surface area (Å²) in [5.74, 6) is 0. The van der Waals surface area contributed by atoms with Gasteiger partial charge in [0.15, 0.2) is 0 Å². The van der Waals surface area contributed by atoms with Crippen LogP contribution in [0.25, 0.3) is 0 Å². The zero-order valence-corrected chi connectivity index (χ0v) is 38.9. The highest BCUT2D eigenvalue weighted by molar-refractivity contribution is 6.53. The van der Waals surface area contributed by atoms with Gasteiger partial charge >= 0.3 is 9.05 Å². The Hall–Kier alpha value is 0.0569. The summed E-state index contributed by atoms with van der Waals surface area (Å²) in [5.41, 5.74) is 0. The second-order valence-electron chi connectivity index (χ2n) is 17.3. The van der Waals surface area contributed by atoms with Gasteiger partial charge in [-0.3, -0.25) is 0 Å². The normalized spacial score (nSPS) is 15.4. The van der Waals surface area contributed by atoms with E-state index in [1.165, 1.54) is 205 Å². The van der Waals surface area contributed by atoms with Gasteiger partial charge in [-0.05, 0) is 53.4 Å². The molecule has 0 saturated carbocycles. The maximum absolute atomic E-state index is 7.03. The lowest BCUT2D eigenvalue weighted by molar-refractivity contribution is -0.100. The van der Waals surface area contributed by atoms with Gasteiger partial charge in [0.1, 0.15) is 0 Å². The highest BCUT2D eigenvalue weighted by Crippen LogP contribution is 2.28. The maximum Gasteiger partial charge on any atom is 0.680 e. The van der Waals surface area contributed by atoms with Crippen LogP contribution in [-0.2, 0) is 17.7 Å². The van der Waals surface area contributed by atoms with Crippen molar-refractivity contribution in [2.24, 2.45) is 0 Å². The summed E-state index contributed by atoms with van der Waals surface area (Å²) >= 11 is 0. The fourth-order valence-electron chi connectivity index (χ4n) is 7.65. The molecule has 0 radical (unpaired) electrons. The minimum Gasteiger partial charge on any atom is -0.348 e. The summed E-state index contributed by atoms with van der Waals surface area (Å²) in [6.45, 7) is 18.2. The van der Waals surface area contributed by atoms with Gasteiger partial charge in [-0.15, -0.1) is 0 Å². The van der Waals surface area contributed by atoms with Crippen LogP contribution in [-0.4, -0.2) is 33.5 Å². The van der Waals surface area contributed by atoms with Crippen LogP contribution in [0.15, 0.2) is 0 Å². The maximum atomic E-state index is 7.03. The first-order valence-corrected chi connectivity index (χ1v) is 26.2. The fraction of sp³-hybridized carbons (Fsp3) is 1.00. The van der Waals surface area contributed by atoms with Crippen LogP contribution < -0.4 is 0 Å². The summed E-state index contributed by atoms with van der Waals surface area (Å²) < 4.78 is 28.1. The van der Waals surface area contributed by atoms with Gasteiger partial charge in [-0.2, -0.15) is 0 Å². The van der Waals surface area contributed by atoms with Crippen molar-refractivity contribution in [3.05, 3.63) is 0 Å². The molecule has 0 saturated heterocycles. The van der Waals surface area contributed by atoms with Gasteiger partial charge in [0, 0.05) is 24.4 Å². The van der Waals surface area contributed by atoms with E-state index in [2.05, 4.69) is 55.4 Å². The van der Waals surface area contributed by atoms with Crippen LogP contribution in [0.3, 0.4) is 0 Å². The van der Waals surface area contributed by atoms with Gasteiger partial charge < -0.3 is 17.7 Å². The van der Waals surface area contributed by atoms with Crippen molar-refractivity contribution < 1.29 is 17.7 Å². The molecular formula is C48H100O4Si. The molecule has 4 nitrogen and oxygen atoms in total. The molecule has 0 aromatic heterocycles. The summed E-state index contributed by atoms with van der Waals surface area (Å²) in [5, 5.41) is 0. The quantitative estimate of drug-likeness (QED) is 0.0457. The van der Waals surface area contributed by atoms with Gasteiger partial charge in [0.05, 0.1) is 0 Å². The van der Waals surface area contributed by atoms with Crippen molar-refractivity contribution in [3.8, 4) is 0 Å². The van der Waals surface area contributed by atoms with Crippen molar-refractivity contribution in [2.75, 3.05) is 0 Å². The molecule has 0 aliphatic carbocycles. The SMILES string of the molecule is CCCCCCCCCCC(C)O[Si](OC(C)CCCCCCCCCC)(OC(C)CCCCCCCCCC)OC(C)CCCCCCCCCC. The van der Waals surface area contributed by atoms with Crippen molar-refractivity contribution >= 4 is 9.05 Å². The Labute approximate surface area is 336 Å². The van der Waals surface area contributed by atoms with Crippen LogP contribution >= 0.6 is 0 Å². The van der Waals surface area contributed by atoms with E-state index in [-0.39, 0.29) is 24.4 Å². The number of rotatable bonds is 44. The third kappa shape index (κ3) is 36.2. The van der Waals surface area contributed by atoms with Crippen molar-refractivity contribution in [3.63, 3.8) is 0 Å². The molecule has 0 aliphatic heterocycles. The molecule has 0 bridgehead atoms. The standard InChI is InChI=1S/C48H100O4Si/c1-9-13-17-21-25-29-33-37-41-45(5)49-53(50-46(6)42-38-34-30-26-22-18-14-10-2,51-47(7)43-39-35-31-27-23-19-15-11-3)52-48(8)44-40-36-32-28-24-20-16-12-4/h45-48H,9-44H2,1-8H3. The number of hydrogen-bond donors (Lipinski definition) is 0. The average molecular weight is 769 g/mol. The van der Waals surface area contributed by atoms with E-state index in [1.54, 1.807) is 0 Å². The Morgan fingerprint density at radius 2 is 0.396 bits per heavy atom. The number of hydrogen-bond acceptors (Lipinski definition) is 4.